The Balaban J connectivity index is 2.86. The second-order valence-corrected chi connectivity index (χ2v) is 3.42. The first-order chi connectivity index (χ1) is 3.81. The fourth-order valence-electron chi connectivity index (χ4n) is 0.410. The molecule has 0 aliphatic carbocycles. The van der Waals surface area contributed by atoms with Crippen molar-refractivity contribution < 1.29 is 0 Å². The van der Waals surface area contributed by atoms with Gasteiger partial charge >= 0.3 is 0 Å². The van der Waals surface area contributed by atoms with E-state index in [0.29, 0.717) is 0 Å². The van der Waals surface area contributed by atoms with Gasteiger partial charge in [0.25, 0.3) is 0 Å². The fraction of sp³-hybridized carbons (Fsp3) is 1.00. The van der Waals surface area contributed by atoms with Gasteiger partial charge in [-0.2, -0.15) is 24.4 Å². The van der Waals surface area contributed by atoms with Crippen molar-refractivity contribution in [1.82, 2.24) is 0 Å². The normalized spacial score (nSPS) is 13.9. The number of hydrogen-bond acceptors (Lipinski definition) is 2. The summed E-state index contributed by atoms with van der Waals surface area (Å²) in [4.78, 5) is 0. The van der Waals surface area contributed by atoms with Crippen LogP contribution in [0.4, 0.5) is 0 Å². The third-order valence-corrected chi connectivity index (χ3v) is 2.39. The smallest absolute Gasteiger partial charge is 0.00675 e. The van der Waals surface area contributed by atoms with E-state index in [1.165, 1.54) is 12.2 Å². The summed E-state index contributed by atoms with van der Waals surface area (Å²) in [7, 11) is 0. The standard InChI is InChI=1S/C6H14S2/c1-6(5-7)3-4-8-2/h6-7H,3-5H2,1-2H3. The highest BCUT2D eigenvalue weighted by atomic mass is 32.2. The molecule has 2 heteroatoms. The second kappa shape index (κ2) is 5.83. The van der Waals surface area contributed by atoms with Crippen molar-refractivity contribution >= 4 is 24.4 Å². The monoisotopic (exact) mass is 150 g/mol. The predicted octanol–water partition coefficient (Wildman–Crippen LogP) is 2.31. The molecule has 0 aromatic heterocycles. The molecule has 0 aromatic carbocycles. The summed E-state index contributed by atoms with van der Waals surface area (Å²) < 4.78 is 0. The van der Waals surface area contributed by atoms with Gasteiger partial charge in [-0.15, -0.1) is 0 Å². The minimum absolute atomic E-state index is 0.797. The Kier molecular flexibility index (Phi) is 6.34. The Morgan fingerprint density at radius 3 is 2.62 bits per heavy atom. The van der Waals surface area contributed by atoms with E-state index in [1.54, 1.807) is 0 Å². The third kappa shape index (κ3) is 4.85. The van der Waals surface area contributed by atoms with Gasteiger partial charge in [0.2, 0.25) is 0 Å². The highest BCUT2D eigenvalue weighted by molar-refractivity contribution is 7.98. The van der Waals surface area contributed by atoms with Crippen LogP contribution in [0.2, 0.25) is 0 Å². The van der Waals surface area contributed by atoms with Crippen molar-refractivity contribution in [3.63, 3.8) is 0 Å². The lowest BCUT2D eigenvalue weighted by molar-refractivity contribution is 0.645. The van der Waals surface area contributed by atoms with Gasteiger partial charge < -0.3 is 0 Å². The van der Waals surface area contributed by atoms with E-state index in [9.17, 15) is 0 Å². The molecule has 1 atom stereocenters. The van der Waals surface area contributed by atoms with E-state index < -0.39 is 0 Å². The molecule has 0 fully saturated rings. The molecule has 0 aliphatic rings. The molecular formula is C6H14S2. The highest BCUT2D eigenvalue weighted by Gasteiger charge is 1.95. The summed E-state index contributed by atoms with van der Waals surface area (Å²) in [6.07, 6.45) is 3.45. The lowest BCUT2D eigenvalue weighted by Gasteiger charge is -2.03. The summed E-state index contributed by atoms with van der Waals surface area (Å²) in [5.41, 5.74) is 0. The molecule has 0 saturated heterocycles. The summed E-state index contributed by atoms with van der Waals surface area (Å²) in [5.74, 6) is 3.10. The van der Waals surface area contributed by atoms with Crippen molar-refractivity contribution in [3.05, 3.63) is 0 Å². The van der Waals surface area contributed by atoms with Crippen LogP contribution < -0.4 is 0 Å². The average molecular weight is 150 g/mol. The van der Waals surface area contributed by atoms with Crippen LogP contribution in [-0.2, 0) is 0 Å². The van der Waals surface area contributed by atoms with Gasteiger partial charge in [0.1, 0.15) is 0 Å². The molecule has 0 nitrogen and oxygen atoms in total. The zero-order valence-corrected chi connectivity index (χ0v) is 7.27. The van der Waals surface area contributed by atoms with Crippen LogP contribution in [0.5, 0.6) is 0 Å². The number of hydrogen-bond donors (Lipinski definition) is 1. The first-order valence-electron chi connectivity index (χ1n) is 2.91. The van der Waals surface area contributed by atoms with Crippen LogP contribution in [0.15, 0.2) is 0 Å². The van der Waals surface area contributed by atoms with Crippen molar-refractivity contribution in [2.75, 3.05) is 17.8 Å². The van der Waals surface area contributed by atoms with Gasteiger partial charge in [0, 0.05) is 0 Å². The van der Waals surface area contributed by atoms with Gasteiger partial charge in [0.05, 0.1) is 0 Å². The van der Waals surface area contributed by atoms with Crippen molar-refractivity contribution in [1.29, 1.82) is 0 Å². The molecule has 0 N–H and O–H groups in total. The molecule has 0 spiro atoms. The van der Waals surface area contributed by atoms with Crippen LogP contribution in [-0.4, -0.2) is 17.8 Å². The summed E-state index contributed by atoms with van der Waals surface area (Å²) in [5, 5.41) is 0. The van der Waals surface area contributed by atoms with Gasteiger partial charge in [-0.3, -0.25) is 0 Å². The zero-order valence-electron chi connectivity index (χ0n) is 5.55. The van der Waals surface area contributed by atoms with E-state index in [-0.39, 0.29) is 0 Å². The molecule has 0 saturated carbocycles. The first-order valence-corrected chi connectivity index (χ1v) is 4.93. The molecular weight excluding hydrogens is 136 g/mol. The van der Waals surface area contributed by atoms with Crippen molar-refractivity contribution in [2.45, 2.75) is 13.3 Å². The third-order valence-electron chi connectivity index (χ3n) is 1.13. The topological polar surface area (TPSA) is 0 Å². The summed E-state index contributed by atoms with van der Waals surface area (Å²) in [6.45, 7) is 2.24. The first kappa shape index (κ1) is 8.70. The Labute approximate surface area is 61.8 Å². The molecule has 0 aromatic rings. The van der Waals surface area contributed by atoms with Crippen LogP contribution in [0, 0.1) is 5.92 Å². The Morgan fingerprint density at radius 2 is 2.25 bits per heavy atom. The molecule has 0 radical (unpaired) electrons. The minimum atomic E-state index is 0.797. The minimum Gasteiger partial charge on any atom is -0.179 e. The van der Waals surface area contributed by atoms with Crippen LogP contribution in [0.3, 0.4) is 0 Å². The largest absolute Gasteiger partial charge is 0.179 e. The molecule has 0 heterocycles. The molecule has 0 bridgehead atoms. The van der Waals surface area contributed by atoms with Gasteiger partial charge in [-0.05, 0) is 30.1 Å². The van der Waals surface area contributed by atoms with E-state index in [4.69, 9.17) is 0 Å². The fourth-order valence-corrected chi connectivity index (χ4v) is 1.23. The Morgan fingerprint density at radius 1 is 1.62 bits per heavy atom. The van der Waals surface area contributed by atoms with Crippen molar-refractivity contribution in [3.8, 4) is 0 Å². The lowest BCUT2D eigenvalue weighted by Crippen LogP contribution is -1.96. The highest BCUT2D eigenvalue weighted by Crippen LogP contribution is 2.07. The predicted molar refractivity (Wildman–Crippen MR) is 46.0 cm³/mol. The maximum Gasteiger partial charge on any atom is -0.00675 e. The van der Waals surface area contributed by atoms with E-state index in [0.717, 1.165) is 11.7 Å². The summed E-state index contributed by atoms with van der Waals surface area (Å²) in [6, 6.07) is 0. The maximum atomic E-state index is 4.18. The van der Waals surface area contributed by atoms with E-state index >= 15 is 0 Å². The van der Waals surface area contributed by atoms with E-state index in [1.807, 2.05) is 11.8 Å². The second-order valence-electron chi connectivity index (χ2n) is 2.07. The molecule has 0 aliphatic heterocycles. The molecule has 1 unspecified atom stereocenters. The lowest BCUT2D eigenvalue weighted by atomic mass is 10.2. The van der Waals surface area contributed by atoms with Gasteiger partial charge in [-0.1, -0.05) is 6.92 Å². The number of rotatable bonds is 4. The number of thioether (sulfide) groups is 1. The number of thiol groups is 1. The molecule has 50 valence electrons. The SMILES string of the molecule is CSCCC(C)CS. The van der Waals surface area contributed by atoms with Crippen molar-refractivity contribution in [2.24, 2.45) is 5.92 Å². The van der Waals surface area contributed by atoms with Crippen LogP contribution in [0.25, 0.3) is 0 Å². The summed E-state index contributed by atoms with van der Waals surface area (Å²) >= 11 is 6.09. The molecule has 0 rings (SSSR count). The van der Waals surface area contributed by atoms with Crippen LogP contribution >= 0.6 is 24.4 Å². The molecule has 8 heavy (non-hydrogen) atoms. The average Bonchev–Trinajstić information content (AvgIpc) is 1.83. The van der Waals surface area contributed by atoms with Crippen LogP contribution in [0.1, 0.15) is 13.3 Å². The Bertz CT molecular complexity index is 45.8. The van der Waals surface area contributed by atoms with E-state index in [2.05, 4.69) is 25.8 Å². The quantitative estimate of drug-likeness (QED) is 0.600. The zero-order chi connectivity index (χ0) is 6.41. The van der Waals surface area contributed by atoms with Gasteiger partial charge in [-0.25, -0.2) is 0 Å². The Hall–Kier alpha value is 0.700. The molecule has 0 amide bonds. The van der Waals surface area contributed by atoms with Gasteiger partial charge in [0.15, 0.2) is 0 Å². The maximum absolute atomic E-state index is 4.18.